The van der Waals surface area contributed by atoms with Gasteiger partial charge < -0.3 is 29.4 Å². The van der Waals surface area contributed by atoms with E-state index in [9.17, 15) is 19.5 Å². The Kier molecular flexibility index (Phi) is 6.36. The second kappa shape index (κ2) is 10.1. The van der Waals surface area contributed by atoms with Gasteiger partial charge in [-0.05, 0) is 54.3 Å². The van der Waals surface area contributed by atoms with E-state index >= 15 is 0 Å². The molecule has 7 rings (SSSR count). The van der Waals surface area contributed by atoms with Gasteiger partial charge in [-0.1, -0.05) is 32.0 Å². The molecule has 0 saturated heterocycles. The Balaban J connectivity index is 1.30. The standard InChI is InChI=1S/C34H32N4O6/c1-4-20-22-13-19(39)10-11-27(22)36-30-23(20)16-38-29(30)14-25-24(31(38)40)17-43-33(42)34(25,5-2)44-32(41)26(35)12-18-15-37(3)28-9-7-6-8-21(18)28/h6-11,13-15,26,39H,4-5,12,16-17,35H2,1-3H3/t26-,34-/m0/s1. The average Bonchev–Trinajstić information content (AvgIpc) is 3.54. The van der Waals surface area contributed by atoms with Gasteiger partial charge in [-0.2, -0.15) is 0 Å². The van der Waals surface area contributed by atoms with E-state index < -0.39 is 23.6 Å². The number of cyclic esters (lactones) is 1. The number of esters is 2. The summed E-state index contributed by atoms with van der Waals surface area (Å²) in [5.41, 5.74) is 10.4. The van der Waals surface area contributed by atoms with Crippen LogP contribution < -0.4 is 11.3 Å². The molecule has 0 aliphatic carbocycles. The fourth-order valence-electron chi connectivity index (χ4n) is 6.87. The van der Waals surface area contributed by atoms with Gasteiger partial charge in [0.1, 0.15) is 18.4 Å². The van der Waals surface area contributed by atoms with Crippen LogP contribution in [0.1, 0.15) is 48.1 Å². The molecule has 0 fully saturated rings. The number of ether oxygens (including phenoxy) is 2. The molecule has 5 heterocycles. The fourth-order valence-corrected chi connectivity index (χ4v) is 6.87. The van der Waals surface area contributed by atoms with Crippen LogP contribution in [0, 0.1) is 0 Å². The summed E-state index contributed by atoms with van der Waals surface area (Å²) < 4.78 is 15.1. The van der Waals surface area contributed by atoms with Crippen molar-refractivity contribution in [2.75, 3.05) is 0 Å². The van der Waals surface area contributed by atoms with Gasteiger partial charge in [0.2, 0.25) is 5.60 Å². The number of rotatable bonds is 6. The van der Waals surface area contributed by atoms with E-state index in [-0.39, 0.29) is 36.3 Å². The zero-order valence-electron chi connectivity index (χ0n) is 24.7. The third kappa shape index (κ3) is 3.97. The summed E-state index contributed by atoms with van der Waals surface area (Å²) in [6, 6.07) is 13.5. The van der Waals surface area contributed by atoms with Crippen LogP contribution in [-0.4, -0.2) is 37.2 Å². The molecule has 0 bridgehead atoms. The lowest BCUT2D eigenvalue weighted by molar-refractivity contribution is -0.190. The maximum absolute atomic E-state index is 14.0. The number of aromatic hydroxyl groups is 1. The number of carbonyl (C=O) groups is 2. The van der Waals surface area contributed by atoms with Crippen LogP contribution in [0.15, 0.2) is 59.5 Å². The maximum Gasteiger partial charge on any atom is 0.355 e. The fraction of sp³-hybridized carbons (Fsp3) is 0.294. The van der Waals surface area contributed by atoms with E-state index in [0.29, 0.717) is 35.4 Å². The monoisotopic (exact) mass is 592 g/mol. The molecule has 224 valence electrons. The van der Waals surface area contributed by atoms with Crippen LogP contribution in [0.25, 0.3) is 33.2 Å². The Morgan fingerprint density at radius 1 is 1.14 bits per heavy atom. The highest BCUT2D eigenvalue weighted by molar-refractivity contribution is 5.91. The van der Waals surface area contributed by atoms with Crippen molar-refractivity contribution in [2.24, 2.45) is 12.8 Å². The van der Waals surface area contributed by atoms with Crippen molar-refractivity contribution in [3.63, 3.8) is 0 Å². The van der Waals surface area contributed by atoms with E-state index in [1.807, 2.05) is 49.0 Å². The van der Waals surface area contributed by atoms with Crippen molar-refractivity contribution in [1.82, 2.24) is 14.1 Å². The highest BCUT2D eigenvalue weighted by Gasteiger charge is 2.51. The molecule has 0 saturated carbocycles. The first kappa shape index (κ1) is 27.8. The largest absolute Gasteiger partial charge is 0.508 e. The van der Waals surface area contributed by atoms with Crippen LogP contribution >= 0.6 is 0 Å². The van der Waals surface area contributed by atoms with Crippen LogP contribution in [-0.2, 0) is 57.7 Å². The first-order valence-corrected chi connectivity index (χ1v) is 14.8. The highest BCUT2D eigenvalue weighted by Crippen LogP contribution is 2.42. The minimum atomic E-state index is -1.84. The van der Waals surface area contributed by atoms with Crippen molar-refractivity contribution in [3.8, 4) is 17.1 Å². The summed E-state index contributed by atoms with van der Waals surface area (Å²) in [5, 5.41) is 11.9. The third-order valence-electron chi connectivity index (χ3n) is 9.11. The zero-order chi connectivity index (χ0) is 30.9. The molecule has 44 heavy (non-hydrogen) atoms. The van der Waals surface area contributed by atoms with E-state index in [1.54, 1.807) is 35.8 Å². The lowest BCUT2D eigenvalue weighted by atomic mass is 9.85. The molecular formula is C34H32N4O6. The van der Waals surface area contributed by atoms with E-state index in [4.69, 9.17) is 20.2 Å². The minimum absolute atomic E-state index is 0.0476. The van der Waals surface area contributed by atoms with Gasteiger partial charge in [0.05, 0.1) is 29.0 Å². The second-order valence-corrected chi connectivity index (χ2v) is 11.6. The topological polar surface area (TPSA) is 139 Å². The van der Waals surface area contributed by atoms with E-state index in [2.05, 4.69) is 0 Å². The SMILES string of the molecule is CCc1c2c(nc3ccc(O)cc13)-c1cc3c(c(=O)n1C2)COC(=O)[C@@]3(CC)OC(=O)[C@@H](N)Cc1cn(C)c2ccccc12. The molecule has 10 nitrogen and oxygen atoms in total. The van der Waals surface area contributed by atoms with Crippen molar-refractivity contribution in [1.29, 1.82) is 0 Å². The smallest absolute Gasteiger partial charge is 0.355 e. The summed E-state index contributed by atoms with van der Waals surface area (Å²) in [4.78, 5) is 45.9. The number of pyridine rings is 2. The number of phenols is 1. The third-order valence-corrected chi connectivity index (χ3v) is 9.11. The van der Waals surface area contributed by atoms with Crippen molar-refractivity contribution in [2.45, 2.75) is 57.9 Å². The summed E-state index contributed by atoms with van der Waals surface area (Å²) in [5.74, 6) is -1.36. The number of fused-ring (bicyclic) bond motifs is 6. The van der Waals surface area contributed by atoms with Crippen LogP contribution in [0.2, 0.25) is 0 Å². The zero-order valence-corrected chi connectivity index (χ0v) is 24.7. The molecule has 2 aromatic carbocycles. The molecule has 3 aromatic heterocycles. The normalized spacial score (nSPS) is 17.7. The predicted octanol–water partition coefficient (Wildman–Crippen LogP) is 3.96. The Labute approximate surface area is 252 Å². The summed E-state index contributed by atoms with van der Waals surface area (Å²) in [7, 11) is 1.93. The Morgan fingerprint density at radius 2 is 1.93 bits per heavy atom. The van der Waals surface area contributed by atoms with Gasteiger partial charge in [-0.3, -0.25) is 9.59 Å². The summed E-state index contributed by atoms with van der Waals surface area (Å²) in [6.07, 6.45) is 2.85. The Morgan fingerprint density at radius 3 is 2.70 bits per heavy atom. The molecule has 2 aliphatic rings. The number of carbonyl (C=O) groups excluding carboxylic acids is 2. The molecule has 3 N–H and O–H groups in total. The number of aryl methyl sites for hydroxylation is 2. The van der Waals surface area contributed by atoms with Gasteiger partial charge in [0.15, 0.2) is 0 Å². The Hall–Kier alpha value is -4.96. The summed E-state index contributed by atoms with van der Waals surface area (Å²) >= 11 is 0. The van der Waals surface area contributed by atoms with Gasteiger partial charge in [-0.15, -0.1) is 0 Å². The molecule has 2 aliphatic heterocycles. The number of benzene rings is 2. The Bertz CT molecular complexity index is 2090. The molecular weight excluding hydrogens is 560 g/mol. The number of nitrogens with two attached hydrogens (primary N) is 1. The van der Waals surface area contributed by atoms with E-state index in [1.165, 1.54) is 0 Å². The van der Waals surface area contributed by atoms with Gasteiger partial charge >= 0.3 is 11.9 Å². The van der Waals surface area contributed by atoms with Crippen LogP contribution in [0.3, 0.4) is 0 Å². The summed E-state index contributed by atoms with van der Waals surface area (Å²) in [6.45, 7) is 3.80. The number of phenolic OH excluding ortho intramolecular Hbond substituents is 1. The predicted molar refractivity (Wildman–Crippen MR) is 164 cm³/mol. The number of nitrogens with zero attached hydrogens (tertiary/aromatic N) is 3. The second-order valence-electron chi connectivity index (χ2n) is 11.6. The molecule has 0 spiro atoms. The average molecular weight is 593 g/mol. The quantitative estimate of drug-likeness (QED) is 0.277. The molecule has 5 aromatic rings. The van der Waals surface area contributed by atoms with E-state index in [0.717, 1.165) is 33.0 Å². The number of hydrogen-bond acceptors (Lipinski definition) is 8. The molecule has 0 unspecified atom stereocenters. The number of hydrogen-bond donors (Lipinski definition) is 2. The minimum Gasteiger partial charge on any atom is -0.508 e. The first-order chi connectivity index (χ1) is 21.2. The van der Waals surface area contributed by atoms with Crippen molar-refractivity contribution >= 4 is 33.7 Å². The molecule has 10 heteroatoms. The van der Waals surface area contributed by atoms with Crippen molar-refractivity contribution in [3.05, 3.63) is 92.9 Å². The molecule has 0 radical (unpaired) electrons. The first-order valence-electron chi connectivity index (χ1n) is 14.8. The number of aromatic nitrogens is 3. The van der Waals surface area contributed by atoms with Crippen LogP contribution in [0.4, 0.5) is 0 Å². The van der Waals surface area contributed by atoms with Gasteiger partial charge in [-0.25, -0.2) is 9.78 Å². The van der Waals surface area contributed by atoms with Crippen LogP contribution in [0.5, 0.6) is 5.75 Å². The molecule has 2 atom stereocenters. The van der Waals surface area contributed by atoms with Gasteiger partial charge in [0, 0.05) is 47.1 Å². The van der Waals surface area contributed by atoms with Gasteiger partial charge in [0.25, 0.3) is 5.56 Å². The lowest BCUT2D eigenvalue weighted by Crippen LogP contribution is -2.50. The number of para-hydroxylation sites is 1. The van der Waals surface area contributed by atoms with Crippen molar-refractivity contribution < 1.29 is 24.2 Å². The maximum atomic E-state index is 14.0. The lowest BCUT2D eigenvalue weighted by Gasteiger charge is -2.36. The molecule has 0 amide bonds. The highest BCUT2D eigenvalue weighted by atomic mass is 16.6.